The Morgan fingerprint density at radius 1 is 1.30 bits per heavy atom. The van der Waals surface area contributed by atoms with E-state index in [-0.39, 0.29) is 29.6 Å². The van der Waals surface area contributed by atoms with Gasteiger partial charge in [0.25, 0.3) is 0 Å². The quantitative estimate of drug-likeness (QED) is 0.568. The van der Waals surface area contributed by atoms with Gasteiger partial charge in [0.2, 0.25) is 0 Å². The summed E-state index contributed by atoms with van der Waals surface area (Å²) in [6.45, 7) is 3.76. The minimum atomic E-state index is -2.86. The van der Waals surface area contributed by atoms with E-state index in [2.05, 4.69) is 0 Å². The Morgan fingerprint density at radius 2 is 1.60 bits per heavy atom. The summed E-state index contributed by atoms with van der Waals surface area (Å²) in [6.07, 6.45) is 0. The van der Waals surface area contributed by atoms with Crippen LogP contribution in [-0.4, -0.2) is 46.0 Å². The van der Waals surface area contributed by atoms with E-state index in [1.807, 2.05) is 13.8 Å². The van der Waals surface area contributed by atoms with Gasteiger partial charge in [-0.25, -0.2) is 0 Å². The van der Waals surface area contributed by atoms with Crippen molar-refractivity contribution in [1.29, 1.82) is 0 Å². The maximum absolute atomic E-state index is 10.9. The molecule has 0 aromatic heterocycles. The van der Waals surface area contributed by atoms with Gasteiger partial charge in [-0.3, -0.25) is 4.57 Å². The van der Waals surface area contributed by atoms with Crippen LogP contribution in [0, 0.1) is 0 Å². The normalized spacial score (nSPS) is 10.7. The first-order valence-corrected chi connectivity index (χ1v) is 7.58. The average Bonchev–Trinajstić information content (AvgIpc) is 1.64. The number of hydrogen-bond acceptors (Lipinski definition) is 3. The van der Waals surface area contributed by atoms with Gasteiger partial charge in [0.05, 0.1) is 0 Å². The third-order valence-corrected chi connectivity index (χ3v) is 7.16. The monoisotopic (exact) mass is 210 g/mol. The van der Waals surface area contributed by atoms with Crippen LogP contribution in [0.1, 0.15) is 13.8 Å². The van der Waals surface area contributed by atoms with E-state index in [0.29, 0.717) is 11.5 Å². The zero-order valence-corrected chi connectivity index (χ0v) is 8.06. The zero-order chi connectivity index (χ0) is 7.33. The summed E-state index contributed by atoms with van der Waals surface area (Å²) < 4.78 is 10.9. The Morgan fingerprint density at radius 3 is 1.80 bits per heavy atom. The van der Waals surface area contributed by atoms with Gasteiger partial charge in [0, 0.05) is 11.5 Å². The first kappa shape index (κ1) is 14.4. The molecule has 0 atom stereocenters. The molecule has 0 radical (unpaired) electrons. The average molecular weight is 210 g/mol. The standard InChI is InChI=1S/C4H11O2PS2.Na.H/c1-3-8-7(5,6)9-4-2;;/h3-4H2,1-2H3,(H,5,6);;. The molecule has 0 aliphatic carbocycles. The molecule has 2 nitrogen and oxygen atoms in total. The summed E-state index contributed by atoms with van der Waals surface area (Å²) in [4.78, 5) is 9.00. The minimum absolute atomic E-state index is 0. The Bertz CT molecular complexity index is 112. The van der Waals surface area contributed by atoms with Gasteiger partial charge in [-0.1, -0.05) is 36.6 Å². The molecule has 0 saturated carbocycles. The van der Waals surface area contributed by atoms with Crippen LogP contribution in [0.4, 0.5) is 0 Å². The predicted octanol–water partition coefficient (Wildman–Crippen LogP) is 1.94. The Labute approximate surface area is 92.2 Å². The van der Waals surface area contributed by atoms with Crippen molar-refractivity contribution in [2.24, 2.45) is 0 Å². The van der Waals surface area contributed by atoms with Crippen molar-refractivity contribution in [2.75, 3.05) is 11.5 Å². The van der Waals surface area contributed by atoms with E-state index in [0.717, 1.165) is 22.8 Å². The predicted molar refractivity (Wildman–Crippen MR) is 53.2 cm³/mol. The third kappa shape index (κ3) is 7.99. The molecule has 0 amide bonds. The Balaban J connectivity index is 0. The van der Waals surface area contributed by atoms with Crippen molar-refractivity contribution in [2.45, 2.75) is 13.8 Å². The second-order valence-corrected chi connectivity index (χ2v) is 9.12. The van der Waals surface area contributed by atoms with Gasteiger partial charge in [-0.15, -0.1) is 0 Å². The Hall–Kier alpha value is 1.89. The molecule has 0 spiro atoms. The van der Waals surface area contributed by atoms with Gasteiger partial charge in [-0.2, -0.15) is 0 Å². The van der Waals surface area contributed by atoms with Crippen LogP contribution in [0.3, 0.4) is 0 Å². The summed E-state index contributed by atoms with van der Waals surface area (Å²) in [5.74, 6) is -1.44. The molecule has 58 valence electrons. The molecule has 0 aliphatic heterocycles. The van der Waals surface area contributed by atoms with Crippen molar-refractivity contribution >= 4 is 58.1 Å². The fourth-order valence-electron chi connectivity index (χ4n) is 0.364. The molecule has 0 fully saturated rings. The molecular weight excluding hydrogens is 198 g/mol. The molecule has 0 unspecified atom stereocenters. The van der Waals surface area contributed by atoms with Crippen LogP contribution in [0.5, 0.6) is 0 Å². The van der Waals surface area contributed by atoms with Crippen LogP contribution < -0.4 is 0 Å². The van der Waals surface area contributed by atoms with E-state index < -0.39 is 5.77 Å². The van der Waals surface area contributed by atoms with E-state index in [1.165, 1.54) is 0 Å². The number of rotatable bonds is 4. The van der Waals surface area contributed by atoms with Gasteiger partial charge < -0.3 is 4.89 Å². The van der Waals surface area contributed by atoms with Crippen molar-refractivity contribution in [3.63, 3.8) is 0 Å². The van der Waals surface area contributed by atoms with Crippen LogP contribution in [0.25, 0.3) is 0 Å². The first-order chi connectivity index (χ1) is 4.12. The molecule has 10 heavy (non-hydrogen) atoms. The molecule has 0 heterocycles. The SMILES string of the molecule is CCSP(=O)(O)SCC.[NaH]. The van der Waals surface area contributed by atoms with Crippen molar-refractivity contribution < 1.29 is 9.46 Å². The molecule has 0 aromatic rings. The zero-order valence-electron chi connectivity index (χ0n) is 5.53. The summed E-state index contributed by atoms with van der Waals surface area (Å²) in [7, 11) is 0. The van der Waals surface area contributed by atoms with Crippen molar-refractivity contribution in [1.82, 2.24) is 0 Å². The molecule has 0 aromatic carbocycles. The maximum atomic E-state index is 10.9. The fourth-order valence-corrected chi connectivity index (χ4v) is 5.84. The molecule has 1 N–H and O–H groups in total. The summed E-state index contributed by atoms with van der Waals surface area (Å²) >= 11 is 2.26. The first-order valence-electron chi connectivity index (χ1n) is 2.74. The Kier molecular flexibility index (Phi) is 10.9. The van der Waals surface area contributed by atoms with Gasteiger partial charge in [0.15, 0.2) is 0 Å². The van der Waals surface area contributed by atoms with E-state index in [9.17, 15) is 4.57 Å². The summed E-state index contributed by atoms with van der Waals surface area (Å²) in [6, 6.07) is 0. The van der Waals surface area contributed by atoms with E-state index in [1.54, 1.807) is 0 Å². The number of hydrogen-bond donors (Lipinski definition) is 1. The molecule has 0 saturated heterocycles. The summed E-state index contributed by atoms with van der Waals surface area (Å²) in [5, 5.41) is 0. The molecule has 6 heteroatoms. The third-order valence-electron chi connectivity index (χ3n) is 0.584. The fraction of sp³-hybridized carbons (Fsp3) is 1.00. The van der Waals surface area contributed by atoms with Crippen LogP contribution in [-0.2, 0) is 4.57 Å². The van der Waals surface area contributed by atoms with Crippen molar-refractivity contribution in [3.8, 4) is 0 Å². The molecule has 0 bridgehead atoms. The van der Waals surface area contributed by atoms with E-state index in [4.69, 9.17) is 4.89 Å². The topological polar surface area (TPSA) is 37.3 Å². The van der Waals surface area contributed by atoms with Crippen LogP contribution >= 0.6 is 28.5 Å². The van der Waals surface area contributed by atoms with Crippen LogP contribution in [0.2, 0.25) is 0 Å². The second kappa shape index (κ2) is 7.53. The second-order valence-electron chi connectivity index (χ2n) is 1.30. The molecular formula is C4H12NaO2PS2. The molecule has 0 rings (SSSR count). The van der Waals surface area contributed by atoms with Crippen molar-refractivity contribution in [3.05, 3.63) is 0 Å². The molecule has 0 aliphatic rings. The summed E-state index contributed by atoms with van der Waals surface area (Å²) in [5.41, 5.74) is 0. The van der Waals surface area contributed by atoms with Crippen LogP contribution in [0.15, 0.2) is 0 Å². The van der Waals surface area contributed by atoms with Gasteiger partial charge in [-0.05, 0) is 0 Å². The van der Waals surface area contributed by atoms with E-state index >= 15 is 0 Å². The van der Waals surface area contributed by atoms with Gasteiger partial charge >= 0.3 is 35.3 Å². The van der Waals surface area contributed by atoms with Gasteiger partial charge in [0.1, 0.15) is 0 Å².